The quantitative estimate of drug-likeness (QED) is 0.522. The summed E-state index contributed by atoms with van der Waals surface area (Å²) < 4.78 is 1.30. The van der Waals surface area contributed by atoms with Crippen molar-refractivity contribution in [3.05, 3.63) is 27.4 Å². The molecule has 0 N–H and O–H groups in total. The van der Waals surface area contributed by atoms with Gasteiger partial charge in [0.2, 0.25) is 5.28 Å². The number of aromatic nitrogens is 2. The van der Waals surface area contributed by atoms with Gasteiger partial charge < -0.3 is 0 Å². The Balaban J connectivity index is 3.50. The molecule has 0 aliphatic carbocycles. The third-order valence-electron chi connectivity index (χ3n) is 1.28. The summed E-state index contributed by atoms with van der Waals surface area (Å²) in [4.78, 5) is 14.8. The molecule has 0 unspecified atom stereocenters. The number of nitrogens with zero attached hydrogens (tertiary/aromatic N) is 2. The molecule has 4 heteroatoms. The van der Waals surface area contributed by atoms with E-state index in [0.29, 0.717) is 5.56 Å². The molecule has 10 heavy (non-hydrogen) atoms. The van der Waals surface area contributed by atoms with Gasteiger partial charge in [0.1, 0.15) is 0 Å². The van der Waals surface area contributed by atoms with Gasteiger partial charge in [-0.25, -0.2) is 4.98 Å². The molecule has 0 aliphatic rings. The van der Waals surface area contributed by atoms with Crippen LogP contribution in [0.3, 0.4) is 0 Å². The van der Waals surface area contributed by atoms with Crippen molar-refractivity contribution in [3.63, 3.8) is 0 Å². The molecule has 0 aliphatic heterocycles. The lowest BCUT2D eigenvalue weighted by molar-refractivity contribution is 0.813. The molecule has 0 aromatic carbocycles. The second-order valence-electron chi connectivity index (χ2n) is 2.07. The van der Waals surface area contributed by atoms with Crippen molar-refractivity contribution in [1.82, 2.24) is 9.55 Å². The summed E-state index contributed by atoms with van der Waals surface area (Å²) in [5, 5.41) is 0.218. The van der Waals surface area contributed by atoms with Crippen LogP contribution in [0.5, 0.6) is 0 Å². The molecule has 1 aromatic rings. The standard InChI is InChI=1S/C6H7ClN2O/c1-4-3-8-6(7)9(2)5(4)10/h3H,1-2H3. The van der Waals surface area contributed by atoms with E-state index in [0.717, 1.165) is 0 Å². The van der Waals surface area contributed by atoms with Gasteiger partial charge in [-0.2, -0.15) is 0 Å². The fourth-order valence-corrected chi connectivity index (χ4v) is 0.766. The third-order valence-corrected chi connectivity index (χ3v) is 1.63. The zero-order valence-electron chi connectivity index (χ0n) is 5.76. The van der Waals surface area contributed by atoms with E-state index in [1.165, 1.54) is 10.8 Å². The molecule has 0 saturated heterocycles. The average molecular weight is 159 g/mol. The van der Waals surface area contributed by atoms with E-state index in [1.54, 1.807) is 14.0 Å². The second-order valence-corrected chi connectivity index (χ2v) is 2.41. The molecule has 1 aromatic heterocycles. The van der Waals surface area contributed by atoms with Crippen molar-refractivity contribution in [2.24, 2.45) is 7.05 Å². The van der Waals surface area contributed by atoms with Crippen molar-refractivity contribution < 1.29 is 0 Å². The molecule has 54 valence electrons. The fourth-order valence-electron chi connectivity index (χ4n) is 0.640. The highest BCUT2D eigenvalue weighted by Crippen LogP contribution is 1.97. The SMILES string of the molecule is Cc1cnc(Cl)n(C)c1=O. The van der Waals surface area contributed by atoms with Gasteiger partial charge in [-0.15, -0.1) is 0 Å². The lowest BCUT2D eigenvalue weighted by Crippen LogP contribution is -2.20. The highest BCUT2D eigenvalue weighted by atomic mass is 35.5. The molecular formula is C6H7ClN2O. The summed E-state index contributed by atoms with van der Waals surface area (Å²) in [5.41, 5.74) is 0.506. The first-order chi connectivity index (χ1) is 4.63. The summed E-state index contributed by atoms with van der Waals surface area (Å²) in [6, 6.07) is 0. The van der Waals surface area contributed by atoms with Crippen LogP contribution in [0.15, 0.2) is 11.0 Å². The maximum absolute atomic E-state index is 11.0. The van der Waals surface area contributed by atoms with Gasteiger partial charge in [0.05, 0.1) is 0 Å². The van der Waals surface area contributed by atoms with Crippen LogP contribution < -0.4 is 5.56 Å². The highest BCUT2D eigenvalue weighted by molar-refractivity contribution is 6.28. The Morgan fingerprint density at radius 2 is 2.30 bits per heavy atom. The molecule has 1 heterocycles. The first kappa shape index (κ1) is 7.28. The van der Waals surface area contributed by atoms with Gasteiger partial charge in [0, 0.05) is 18.8 Å². The number of aryl methyl sites for hydroxylation is 1. The minimum absolute atomic E-state index is 0.0972. The summed E-state index contributed by atoms with van der Waals surface area (Å²) in [6.07, 6.45) is 1.46. The summed E-state index contributed by atoms with van der Waals surface area (Å²) in [7, 11) is 1.59. The predicted molar refractivity (Wildman–Crippen MR) is 39.2 cm³/mol. The topological polar surface area (TPSA) is 34.9 Å². The van der Waals surface area contributed by atoms with Crippen molar-refractivity contribution >= 4 is 11.6 Å². The maximum atomic E-state index is 11.0. The number of hydrogen-bond donors (Lipinski definition) is 0. The Hall–Kier alpha value is -0.830. The Morgan fingerprint density at radius 1 is 1.70 bits per heavy atom. The van der Waals surface area contributed by atoms with Gasteiger partial charge in [-0.3, -0.25) is 9.36 Å². The zero-order chi connectivity index (χ0) is 7.72. The normalized spacial score (nSPS) is 9.90. The first-order valence-corrected chi connectivity index (χ1v) is 3.19. The van der Waals surface area contributed by atoms with Gasteiger partial charge in [-0.05, 0) is 18.5 Å². The van der Waals surface area contributed by atoms with Crippen molar-refractivity contribution in [2.45, 2.75) is 6.92 Å². The van der Waals surface area contributed by atoms with Crippen LogP contribution >= 0.6 is 11.6 Å². The maximum Gasteiger partial charge on any atom is 0.257 e. The second kappa shape index (κ2) is 2.42. The molecular weight excluding hydrogens is 152 g/mol. The van der Waals surface area contributed by atoms with Gasteiger partial charge >= 0.3 is 0 Å². The lowest BCUT2D eigenvalue weighted by Gasteiger charge is -1.98. The van der Waals surface area contributed by atoms with Crippen molar-refractivity contribution in [2.75, 3.05) is 0 Å². The van der Waals surface area contributed by atoms with E-state index in [-0.39, 0.29) is 10.8 Å². The lowest BCUT2D eigenvalue weighted by atomic mass is 10.4. The van der Waals surface area contributed by atoms with Crippen LogP contribution in [0, 0.1) is 6.92 Å². The Morgan fingerprint density at radius 3 is 2.80 bits per heavy atom. The average Bonchev–Trinajstić information content (AvgIpc) is 1.93. The van der Waals surface area contributed by atoms with E-state index in [1.807, 2.05) is 0 Å². The molecule has 0 saturated carbocycles. The molecule has 0 atom stereocenters. The molecule has 1 rings (SSSR count). The van der Waals surface area contributed by atoms with Gasteiger partial charge in [0.15, 0.2) is 0 Å². The first-order valence-electron chi connectivity index (χ1n) is 2.81. The molecule has 0 radical (unpaired) electrons. The number of hydrogen-bond acceptors (Lipinski definition) is 2. The minimum Gasteiger partial charge on any atom is -0.286 e. The molecule has 0 bridgehead atoms. The highest BCUT2D eigenvalue weighted by Gasteiger charge is 1.98. The van der Waals surface area contributed by atoms with Crippen LogP contribution in [0.1, 0.15) is 5.56 Å². The Kier molecular flexibility index (Phi) is 1.76. The Bertz CT molecular complexity index is 305. The smallest absolute Gasteiger partial charge is 0.257 e. The van der Waals surface area contributed by atoms with Crippen LogP contribution in [0.4, 0.5) is 0 Å². The van der Waals surface area contributed by atoms with Gasteiger partial charge in [0.25, 0.3) is 5.56 Å². The largest absolute Gasteiger partial charge is 0.286 e. The van der Waals surface area contributed by atoms with E-state index in [4.69, 9.17) is 11.6 Å². The molecule has 0 amide bonds. The van der Waals surface area contributed by atoms with E-state index in [9.17, 15) is 4.79 Å². The number of rotatable bonds is 0. The van der Waals surface area contributed by atoms with Gasteiger partial charge in [-0.1, -0.05) is 0 Å². The summed E-state index contributed by atoms with van der Waals surface area (Å²) in [6.45, 7) is 1.70. The zero-order valence-corrected chi connectivity index (χ0v) is 6.51. The minimum atomic E-state index is -0.0972. The Labute approximate surface area is 63.3 Å². The van der Waals surface area contributed by atoms with Crippen molar-refractivity contribution in [3.8, 4) is 0 Å². The third kappa shape index (κ3) is 1.04. The van der Waals surface area contributed by atoms with Crippen LogP contribution in [-0.2, 0) is 7.05 Å². The summed E-state index contributed by atoms with van der Waals surface area (Å²) in [5.74, 6) is 0. The monoisotopic (exact) mass is 158 g/mol. The van der Waals surface area contributed by atoms with E-state index in [2.05, 4.69) is 4.98 Å². The fraction of sp³-hybridized carbons (Fsp3) is 0.333. The molecule has 0 spiro atoms. The van der Waals surface area contributed by atoms with E-state index >= 15 is 0 Å². The molecule has 3 nitrogen and oxygen atoms in total. The number of halogens is 1. The summed E-state index contributed by atoms with van der Waals surface area (Å²) >= 11 is 5.54. The van der Waals surface area contributed by atoms with Crippen molar-refractivity contribution in [1.29, 1.82) is 0 Å². The van der Waals surface area contributed by atoms with E-state index < -0.39 is 0 Å². The molecule has 0 fully saturated rings. The van der Waals surface area contributed by atoms with Crippen LogP contribution in [0.2, 0.25) is 5.28 Å². The predicted octanol–water partition coefficient (Wildman–Crippen LogP) is 0.742. The van der Waals surface area contributed by atoms with Crippen LogP contribution in [0.25, 0.3) is 0 Å². The van der Waals surface area contributed by atoms with Crippen LogP contribution in [-0.4, -0.2) is 9.55 Å².